The van der Waals surface area contributed by atoms with Gasteiger partial charge in [0, 0.05) is 29.2 Å². The highest BCUT2D eigenvalue weighted by Crippen LogP contribution is 2.29. The van der Waals surface area contributed by atoms with E-state index in [1.807, 2.05) is 23.5 Å². The molecule has 0 atom stereocenters. The van der Waals surface area contributed by atoms with E-state index >= 15 is 0 Å². The third kappa shape index (κ3) is 4.35. The topological polar surface area (TPSA) is 87.0 Å². The van der Waals surface area contributed by atoms with Crippen LogP contribution in [0.1, 0.15) is 28.5 Å². The second-order valence-corrected chi connectivity index (χ2v) is 7.76. The summed E-state index contributed by atoms with van der Waals surface area (Å²) in [5, 5.41) is 0. The molecule has 0 aliphatic heterocycles. The molecule has 0 aliphatic rings. The van der Waals surface area contributed by atoms with Crippen molar-refractivity contribution in [2.24, 2.45) is 0 Å². The van der Waals surface area contributed by atoms with Crippen LogP contribution in [0.2, 0.25) is 0 Å². The zero-order valence-corrected chi connectivity index (χ0v) is 16.1. The molecule has 3 rings (SSSR count). The van der Waals surface area contributed by atoms with Gasteiger partial charge in [-0.25, -0.2) is 4.79 Å². The van der Waals surface area contributed by atoms with E-state index < -0.39 is 16.1 Å². The standard InChI is InChI=1S/C19H20N2O5S/c1-4-25-19(22)17-10-16-9-14(12-26-27(3,23)24)7-8-21(16)18(17)15-6-5-13(2)20-11-15/h5-11H,4,12H2,1-3H3. The molecule has 3 aromatic heterocycles. The van der Waals surface area contributed by atoms with Crippen molar-refractivity contribution in [2.45, 2.75) is 20.5 Å². The summed E-state index contributed by atoms with van der Waals surface area (Å²) >= 11 is 0. The summed E-state index contributed by atoms with van der Waals surface area (Å²) in [5.74, 6) is -0.425. The largest absolute Gasteiger partial charge is 0.462 e. The maximum absolute atomic E-state index is 12.5. The Hall–Kier alpha value is -2.71. The number of carbonyl (C=O) groups is 1. The second kappa shape index (κ2) is 7.50. The van der Waals surface area contributed by atoms with Gasteiger partial charge in [0.2, 0.25) is 0 Å². The van der Waals surface area contributed by atoms with Gasteiger partial charge in [-0.1, -0.05) is 0 Å². The van der Waals surface area contributed by atoms with Crippen LogP contribution < -0.4 is 0 Å². The van der Waals surface area contributed by atoms with Crippen molar-refractivity contribution in [3.8, 4) is 11.3 Å². The van der Waals surface area contributed by atoms with Gasteiger partial charge in [0.25, 0.3) is 10.1 Å². The normalized spacial score (nSPS) is 11.7. The first-order chi connectivity index (χ1) is 12.8. The minimum Gasteiger partial charge on any atom is -0.462 e. The summed E-state index contributed by atoms with van der Waals surface area (Å²) in [6.07, 6.45) is 4.49. The number of ether oxygens (including phenoxy) is 1. The fraction of sp³-hybridized carbons (Fsp3) is 0.263. The minimum atomic E-state index is -3.54. The van der Waals surface area contributed by atoms with Gasteiger partial charge in [-0.2, -0.15) is 8.42 Å². The number of fused-ring (bicyclic) bond motifs is 1. The summed E-state index contributed by atoms with van der Waals surface area (Å²) in [6.45, 7) is 3.84. The van der Waals surface area contributed by atoms with E-state index in [1.165, 1.54) is 0 Å². The smallest absolute Gasteiger partial charge is 0.340 e. The van der Waals surface area contributed by atoms with Crippen LogP contribution >= 0.6 is 0 Å². The summed E-state index contributed by atoms with van der Waals surface area (Å²) in [5.41, 5.74) is 4.15. The number of hydrogen-bond acceptors (Lipinski definition) is 6. The summed E-state index contributed by atoms with van der Waals surface area (Å²) in [6, 6.07) is 9.01. The molecule has 0 N–H and O–H groups in total. The molecule has 7 nitrogen and oxygen atoms in total. The summed E-state index contributed by atoms with van der Waals surface area (Å²) in [7, 11) is -3.54. The first-order valence-electron chi connectivity index (χ1n) is 8.37. The molecule has 0 spiro atoms. The molecule has 0 aromatic carbocycles. The maximum atomic E-state index is 12.5. The number of pyridine rings is 2. The fourth-order valence-electron chi connectivity index (χ4n) is 2.76. The SMILES string of the molecule is CCOC(=O)c1cc2cc(COS(C)(=O)=O)ccn2c1-c1ccc(C)nc1. The van der Waals surface area contributed by atoms with Gasteiger partial charge in [-0.05, 0) is 49.7 Å². The molecule has 27 heavy (non-hydrogen) atoms. The second-order valence-electron chi connectivity index (χ2n) is 6.11. The lowest BCUT2D eigenvalue weighted by atomic mass is 10.1. The first-order valence-corrected chi connectivity index (χ1v) is 10.2. The number of aryl methyl sites for hydroxylation is 1. The van der Waals surface area contributed by atoms with Gasteiger partial charge < -0.3 is 9.14 Å². The van der Waals surface area contributed by atoms with E-state index in [-0.39, 0.29) is 13.2 Å². The number of carbonyl (C=O) groups excluding carboxylic acids is 1. The van der Waals surface area contributed by atoms with E-state index in [2.05, 4.69) is 4.98 Å². The minimum absolute atomic E-state index is 0.0727. The molecule has 3 aromatic rings. The van der Waals surface area contributed by atoms with Crippen LogP contribution in [-0.2, 0) is 25.6 Å². The Morgan fingerprint density at radius 3 is 2.63 bits per heavy atom. The molecule has 0 fully saturated rings. The molecule has 8 heteroatoms. The molecule has 0 saturated carbocycles. The zero-order valence-electron chi connectivity index (χ0n) is 15.3. The Morgan fingerprint density at radius 2 is 2.00 bits per heavy atom. The highest BCUT2D eigenvalue weighted by atomic mass is 32.2. The first kappa shape index (κ1) is 19.1. The third-order valence-electron chi connectivity index (χ3n) is 3.96. The van der Waals surface area contributed by atoms with Crippen LogP contribution in [0.5, 0.6) is 0 Å². The van der Waals surface area contributed by atoms with Crippen molar-refractivity contribution in [2.75, 3.05) is 12.9 Å². The lowest BCUT2D eigenvalue weighted by Crippen LogP contribution is -2.05. The van der Waals surface area contributed by atoms with E-state index in [1.54, 1.807) is 37.5 Å². The third-order valence-corrected chi connectivity index (χ3v) is 4.50. The summed E-state index contributed by atoms with van der Waals surface area (Å²) < 4.78 is 34.3. The lowest BCUT2D eigenvalue weighted by Gasteiger charge is -2.08. The predicted octanol–water partition coefficient (Wildman–Crippen LogP) is 2.96. The fourth-order valence-corrected chi connectivity index (χ4v) is 3.11. The van der Waals surface area contributed by atoms with Gasteiger partial charge in [0.1, 0.15) is 0 Å². The lowest BCUT2D eigenvalue weighted by molar-refractivity contribution is 0.0527. The molecule has 0 unspecified atom stereocenters. The van der Waals surface area contributed by atoms with E-state index in [0.29, 0.717) is 16.8 Å². The molecule has 0 radical (unpaired) electrons. The van der Waals surface area contributed by atoms with Crippen LogP contribution in [0.25, 0.3) is 16.8 Å². The number of rotatable bonds is 6. The van der Waals surface area contributed by atoms with E-state index in [0.717, 1.165) is 23.0 Å². The van der Waals surface area contributed by atoms with Crippen molar-refractivity contribution in [3.05, 3.63) is 59.5 Å². The highest BCUT2D eigenvalue weighted by Gasteiger charge is 2.20. The number of hydrogen-bond donors (Lipinski definition) is 0. The van der Waals surface area contributed by atoms with Crippen molar-refractivity contribution < 1.29 is 22.1 Å². The number of nitrogens with zero attached hydrogens (tertiary/aromatic N) is 2. The Balaban J connectivity index is 2.11. The molecule has 0 aliphatic carbocycles. The Labute approximate surface area is 157 Å². The molecular formula is C19H20N2O5S. The van der Waals surface area contributed by atoms with Crippen LogP contribution in [-0.4, -0.2) is 36.6 Å². The van der Waals surface area contributed by atoms with Crippen molar-refractivity contribution in [1.29, 1.82) is 0 Å². The molecule has 142 valence electrons. The van der Waals surface area contributed by atoms with E-state index in [4.69, 9.17) is 8.92 Å². The van der Waals surface area contributed by atoms with Crippen molar-refractivity contribution >= 4 is 21.6 Å². The van der Waals surface area contributed by atoms with Gasteiger partial charge in [0.15, 0.2) is 0 Å². The Kier molecular flexibility index (Phi) is 5.29. The Morgan fingerprint density at radius 1 is 1.22 bits per heavy atom. The van der Waals surface area contributed by atoms with Crippen LogP contribution in [0.15, 0.2) is 42.7 Å². The zero-order chi connectivity index (χ0) is 19.6. The maximum Gasteiger partial charge on any atom is 0.340 e. The van der Waals surface area contributed by atoms with Crippen LogP contribution in [0, 0.1) is 6.92 Å². The molecule has 0 saturated heterocycles. The average Bonchev–Trinajstić information content (AvgIpc) is 2.99. The molecule has 0 amide bonds. The molecular weight excluding hydrogens is 368 g/mol. The van der Waals surface area contributed by atoms with Gasteiger partial charge in [-0.15, -0.1) is 0 Å². The summed E-state index contributed by atoms with van der Waals surface area (Å²) in [4.78, 5) is 16.8. The average molecular weight is 388 g/mol. The monoisotopic (exact) mass is 388 g/mol. The van der Waals surface area contributed by atoms with Crippen molar-refractivity contribution in [1.82, 2.24) is 9.38 Å². The Bertz CT molecular complexity index is 1090. The van der Waals surface area contributed by atoms with E-state index in [9.17, 15) is 13.2 Å². The van der Waals surface area contributed by atoms with Crippen molar-refractivity contribution in [3.63, 3.8) is 0 Å². The quantitative estimate of drug-likeness (QED) is 0.477. The van der Waals surface area contributed by atoms with Gasteiger partial charge >= 0.3 is 5.97 Å². The molecule has 0 bridgehead atoms. The van der Waals surface area contributed by atoms with Crippen LogP contribution in [0.4, 0.5) is 0 Å². The van der Waals surface area contributed by atoms with Gasteiger partial charge in [-0.3, -0.25) is 9.17 Å². The number of aromatic nitrogens is 2. The number of esters is 1. The predicted molar refractivity (Wildman–Crippen MR) is 101 cm³/mol. The van der Waals surface area contributed by atoms with Gasteiger partial charge in [0.05, 0.1) is 30.7 Å². The van der Waals surface area contributed by atoms with Crippen LogP contribution in [0.3, 0.4) is 0 Å². The molecule has 3 heterocycles. The highest BCUT2D eigenvalue weighted by molar-refractivity contribution is 7.85.